The van der Waals surface area contributed by atoms with Crippen molar-refractivity contribution < 1.29 is 4.74 Å². The Labute approximate surface area is 107 Å². The van der Waals surface area contributed by atoms with Crippen LogP contribution in [0.4, 0.5) is 0 Å². The summed E-state index contributed by atoms with van der Waals surface area (Å²) in [5.41, 5.74) is 6.20. The molecule has 17 heavy (non-hydrogen) atoms. The van der Waals surface area contributed by atoms with Gasteiger partial charge in [0.05, 0.1) is 6.61 Å². The van der Waals surface area contributed by atoms with Gasteiger partial charge in [-0.05, 0) is 32.7 Å². The molecular formula is C14H30N2O. The molecule has 0 aliphatic heterocycles. The Morgan fingerprint density at radius 2 is 2.12 bits per heavy atom. The number of nitrogens with two attached hydrogens (primary N) is 1. The molecule has 3 heteroatoms. The van der Waals surface area contributed by atoms with E-state index in [9.17, 15) is 0 Å². The predicted molar refractivity (Wildman–Crippen MR) is 73.1 cm³/mol. The van der Waals surface area contributed by atoms with Crippen LogP contribution in [0, 0.1) is 5.92 Å². The van der Waals surface area contributed by atoms with E-state index >= 15 is 0 Å². The SMILES string of the molecule is CCN(C(C)COC)C(C)(CN)CC1CCC1. The van der Waals surface area contributed by atoms with Crippen molar-refractivity contribution in [3.63, 3.8) is 0 Å². The molecule has 1 fully saturated rings. The van der Waals surface area contributed by atoms with Gasteiger partial charge in [-0.3, -0.25) is 4.90 Å². The molecule has 0 aromatic carbocycles. The lowest BCUT2D eigenvalue weighted by Crippen LogP contribution is -2.57. The summed E-state index contributed by atoms with van der Waals surface area (Å²) < 4.78 is 5.29. The summed E-state index contributed by atoms with van der Waals surface area (Å²) in [5.74, 6) is 0.896. The first-order valence-electron chi connectivity index (χ1n) is 7.03. The Balaban J connectivity index is 2.64. The highest BCUT2D eigenvalue weighted by molar-refractivity contribution is 4.93. The van der Waals surface area contributed by atoms with Crippen molar-refractivity contribution in [2.75, 3.05) is 26.8 Å². The van der Waals surface area contributed by atoms with Crippen LogP contribution in [0.15, 0.2) is 0 Å². The average molecular weight is 242 g/mol. The third-order valence-electron chi connectivity index (χ3n) is 4.37. The molecular weight excluding hydrogens is 212 g/mol. The minimum Gasteiger partial charge on any atom is -0.383 e. The molecule has 2 unspecified atom stereocenters. The van der Waals surface area contributed by atoms with Crippen LogP contribution in [0.2, 0.25) is 0 Å². The maximum absolute atomic E-state index is 6.06. The summed E-state index contributed by atoms with van der Waals surface area (Å²) in [6, 6.07) is 0.443. The Bertz CT molecular complexity index is 218. The molecule has 0 radical (unpaired) electrons. The normalized spacial score (nSPS) is 22.2. The largest absolute Gasteiger partial charge is 0.383 e. The van der Waals surface area contributed by atoms with Crippen LogP contribution in [-0.4, -0.2) is 43.3 Å². The first kappa shape index (κ1) is 14.9. The van der Waals surface area contributed by atoms with Gasteiger partial charge in [0.25, 0.3) is 0 Å². The van der Waals surface area contributed by atoms with Gasteiger partial charge in [-0.2, -0.15) is 0 Å². The molecule has 1 aliphatic rings. The summed E-state index contributed by atoms with van der Waals surface area (Å²) >= 11 is 0. The number of methoxy groups -OCH3 is 1. The standard InChI is InChI=1S/C14H30N2O/c1-5-16(12(2)10-17-4)14(3,11-15)9-13-7-6-8-13/h12-13H,5-11,15H2,1-4H3. The minimum atomic E-state index is 0.137. The molecule has 0 heterocycles. The molecule has 3 nitrogen and oxygen atoms in total. The van der Waals surface area contributed by atoms with Crippen molar-refractivity contribution in [1.82, 2.24) is 4.90 Å². The van der Waals surface area contributed by atoms with E-state index in [2.05, 4.69) is 25.7 Å². The van der Waals surface area contributed by atoms with Crippen molar-refractivity contribution in [2.24, 2.45) is 11.7 Å². The van der Waals surface area contributed by atoms with Gasteiger partial charge < -0.3 is 10.5 Å². The van der Waals surface area contributed by atoms with Crippen molar-refractivity contribution >= 4 is 0 Å². The van der Waals surface area contributed by atoms with E-state index in [4.69, 9.17) is 10.5 Å². The molecule has 1 rings (SSSR count). The van der Waals surface area contributed by atoms with Crippen LogP contribution >= 0.6 is 0 Å². The van der Waals surface area contributed by atoms with Crippen LogP contribution in [0.3, 0.4) is 0 Å². The van der Waals surface area contributed by atoms with Crippen molar-refractivity contribution in [2.45, 2.75) is 58.0 Å². The van der Waals surface area contributed by atoms with E-state index in [-0.39, 0.29) is 5.54 Å². The minimum absolute atomic E-state index is 0.137. The highest BCUT2D eigenvalue weighted by Crippen LogP contribution is 2.36. The zero-order chi connectivity index (χ0) is 12.9. The van der Waals surface area contributed by atoms with Crippen LogP contribution in [0.5, 0.6) is 0 Å². The lowest BCUT2D eigenvalue weighted by molar-refractivity contribution is 0.00901. The Morgan fingerprint density at radius 1 is 1.47 bits per heavy atom. The molecule has 0 bridgehead atoms. The fraction of sp³-hybridized carbons (Fsp3) is 1.00. The maximum Gasteiger partial charge on any atom is 0.0615 e. The molecule has 0 aromatic rings. The van der Waals surface area contributed by atoms with Gasteiger partial charge in [-0.1, -0.05) is 26.2 Å². The van der Waals surface area contributed by atoms with Gasteiger partial charge in [-0.25, -0.2) is 0 Å². The molecule has 2 N–H and O–H groups in total. The van der Waals surface area contributed by atoms with E-state index in [1.165, 1.54) is 25.7 Å². The summed E-state index contributed by atoms with van der Waals surface area (Å²) in [6.07, 6.45) is 5.44. The molecule has 102 valence electrons. The van der Waals surface area contributed by atoms with Gasteiger partial charge in [0.2, 0.25) is 0 Å². The van der Waals surface area contributed by atoms with Gasteiger partial charge in [0.1, 0.15) is 0 Å². The number of nitrogens with zero attached hydrogens (tertiary/aromatic N) is 1. The van der Waals surface area contributed by atoms with Gasteiger partial charge >= 0.3 is 0 Å². The number of hydrogen-bond acceptors (Lipinski definition) is 3. The van der Waals surface area contributed by atoms with Crippen molar-refractivity contribution in [3.05, 3.63) is 0 Å². The fourth-order valence-electron chi connectivity index (χ4n) is 3.19. The van der Waals surface area contributed by atoms with E-state index < -0.39 is 0 Å². The highest BCUT2D eigenvalue weighted by atomic mass is 16.5. The third kappa shape index (κ3) is 3.67. The Hall–Kier alpha value is -0.120. The molecule has 0 aromatic heterocycles. The third-order valence-corrected chi connectivity index (χ3v) is 4.37. The zero-order valence-electron chi connectivity index (χ0n) is 12.0. The van der Waals surface area contributed by atoms with Gasteiger partial charge in [0, 0.05) is 25.2 Å². The van der Waals surface area contributed by atoms with Gasteiger partial charge in [0.15, 0.2) is 0 Å². The summed E-state index contributed by atoms with van der Waals surface area (Å²) in [7, 11) is 1.77. The summed E-state index contributed by atoms with van der Waals surface area (Å²) in [4.78, 5) is 2.52. The number of likely N-dealkylation sites (N-methyl/N-ethyl adjacent to an activating group) is 1. The topological polar surface area (TPSA) is 38.5 Å². The summed E-state index contributed by atoms with van der Waals surface area (Å²) in [5, 5.41) is 0. The second-order valence-corrected chi connectivity index (χ2v) is 5.79. The first-order chi connectivity index (χ1) is 8.07. The van der Waals surface area contributed by atoms with Gasteiger partial charge in [-0.15, -0.1) is 0 Å². The lowest BCUT2D eigenvalue weighted by Gasteiger charge is -2.47. The zero-order valence-corrected chi connectivity index (χ0v) is 12.0. The van der Waals surface area contributed by atoms with Crippen LogP contribution in [0.1, 0.15) is 46.5 Å². The lowest BCUT2D eigenvalue weighted by atomic mass is 9.75. The fourth-order valence-corrected chi connectivity index (χ4v) is 3.19. The summed E-state index contributed by atoms with van der Waals surface area (Å²) in [6.45, 7) is 9.36. The second-order valence-electron chi connectivity index (χ2n) is 5.79. The predicted octanol–water partition coefficient (Wildman–Crippen LogP) is 2.25. The quantitative estimate of drug-likeness (QED) is 0.709. The van der Waals surface area contributed by atoms with Crippen molar-refractivity contribution in [3.8, 4) is 0 Å². The highest BCUT2D eigenvalue weighted by Gasteiger charge is 2.36. The van der Waals surface area contributed by atoms with Crippen LogP contribution < -0.4 is 5.73 Å². The van der Waals surface area contributed by atoms with E-state index in [0.29, 0.717) is 6.04 Å². The average Bonchev–Trinajstić information content (AvgIpc) is 2.25. The van der Waals surface area contributed by atoms with E-state index in [0.717, 1.165) is 25.6 Å². The number of hydrogen-bond donors (Lipinski definition) is 1. The van der Waals surface area contributed by atoms with Crippen LogP contribution in [0.25, 0.3) is 0 Å². The van der Waals surface area contributed by atoms with Crippen molar-refractivity contribution in [1.29, 1.82) is 0 Å². The molecule has 0 amide bonds. The molecule has 1 saturated carbocycles. The Kier molecular flexibility index (Phi) is 5.90. The smallest absolute Gasteiger partial charge is 0.0615 e. The van der Waals surface area contributed by atoms with E-state index in [1.807, 2.05) is 0 Å². The van der Waals surface area contributed by atoms with Crippen LogP contribution in [-0.2, 0) is 4.74 Å². The maximum atomic E-state index is 6.06. The number of rotatable bonds is 8. The first-order valence-corrected chi connectivity index (χ1v) is 7.03. The Morgan fingerprint density at radius 3 is 2.47 bits per heavy atom. The number of ether oxygens (including phenoxy) is 1. The second kappa shape index (κ2) is 6.72. The van der Waals surface area contributed by atoms with E-state index in [1.54, 1.807) is 7.11 Å². The molecule has 0 spiro atoms. The molecule has 2 atom stereocenters. The molecule has 0 saturated heterocycles. The molecule has 1 aliphatic carbocycles. The monoisotopic (exact) mass is 242 g/mol.